The van der Waals surface area contributed by atoms with Gasteiger partial charge in [0.15, 0.2) is 0 Å². The third-order valence-corrected chi connectivity index (χ3v) is 4.17. The van der Waals surface area contributed by atoms with Gasteiger partial charge in [-0.05, 0) is 24.6 Å². The number of hydrogen-bond donors (Lipinski definition) is 3. The van der Waals surface area contributed by atoms with Crippen LogP contribution in [0.4, 0.5) is 10.5 Å². The molecule has 0 aliphatic rings. The number of rotatable bonds is 12. The molecule has 1 aromatic carbocycles. The maximum Gasteiger partial charge on any atom is 0.407 e. The van der Waals surface area contributed by atoms with E-state index in [1.807, 2.05) is 0 Å². The summed E-state index contributed by atoms with van der Waals surface area (Å²) in [6.07, 6.45) is 0.698. The Balaban J connectivity index is 2.32. The van der Waals surface area contributed by atoms with E-state index in [4.69, 9.17) is 4.74 Å². The minimum absolute atomic E-state index is 0.0365. The number of nitrogens with zero attached hydrogens (tertiary/aromatic N) is 1. The molecule has 0 aliphatic heterocycles. The minimum Gasteiger partial charge on any atom is -0.445 e. The standard InChI is InChI=1S/C20H28N4O6/c1-14(11-25)10-18(27)24(3)9-8-21-20(29)30-12-16-4-6-17(7-5-16)23-19(28)15(2)22-13-26/h4-7,11,13-15H,8-10,12H2,1-3H3,(H,21,29)(H,22,26)(H,23,28). The van der Waals surface area contributed by atoms with E-state index in [0.717, 1.165) is 11.8 Å². The number of nitrogens with one attached hydrogen (secondary N) is 3. The van der Waals surface area contributed by atoms with Crippen LogP contribution in [0, 0.1) is 5.92 Å². The smallest absolute Gasteiger partial charge is 0.407 e. The molecular formula is C20H28N4O6. The second kappa shape index (κ2) is 12.9. The van der Waals surface area contributed by atoms with E-state index >= 15 is 0 Å². The second-order valence-electron chi connectivity index (χ2n) is 6.83. The molecule has 10 heteroatoms. The van der Waals surface area contributed by atoms with E-state index in [0.29, 0.717) is 18.6 Å². The van der Waals surface area contributed by atoms with Gasteiger partial charge in [-0.3, -0.25) is 14.4 Å². The van der Waals surface area contributed by atoms with Crippen molar-refractivity contribution in [2.24, 2.45) is 5.92 Å². The van der Waals surface area contributed by atoms with Gasteiger partial charge in [-0.25, -0.2) is 4.79 Å². The van der Waals surface area contributed by atoms with Crippen LogP contribution in [-0.4, -0.2) is 61.7 Å². The Labute approximate surface area is 175 Å². The maximum atomic E-state index is 11.8. The van der Waals surface area contributed by atoms with Crippen molar-refractivity contribution >= 4 is 36.3 Å². The van der Waals surface area contributed by atoms with Gasteiger partial charge in [0.05, 0.1) is 0 Å². The molecule has 0 saturated heterocycles. The number of alkyl carbamates (subject to hydrolysis) is 1. The predicted molar refractivity (Wildman–Crippen MR) is 109 cm³/mol. The van der Waals surface area contributed by atoms with Gasteiger partial charge in [0, 0.05) is 38.2 Å². The highest BCUT2D eigenvalue weighted by molar-refractivity contribution is 5.95. The number of carbonyl (C=O) groups excluding carboxylic acids is 5. The Hall–Kier alpha value is -3.43. The highest BCUT2D eigenvalue weighted by Crippen LogP contribution is 2.11. The van der Waals surface area contributed by atoms with Crippen LogP contribution >= 0.6 is 0 Å². The number of carbonyl (C=O) groups is 5. The second-order valence-corrected chi connectivity index (χ2v) is 6.83. The molecule has 1 aromatic rings. The number of benzene rings is 1. The SMILES string of the molecule is CC(C=O)CC(=O)N(C)CCNC(=O)OCc1ccc(NC(=O)C(C)NC=O)cc1. The number of ether oxygens (including phenoxy) is 1. The Morgan fingerprint density at radius 2 is 1.80 bits per heavy atom. The predicted octanol–water partition coefficient (Wildman–Crippen LogP) is 0.669. The van der Waals surface area contributed by atoms with Crippen LogP contribution in [0.2, 0.25) is 0 Å². The number of amides is 4. The fourth-order valence-corrected chi connectivity index (χ4v) is 2.24. The minimum atomic E-state index is -0.656. The quantitative estimate of drug-likeness (QED) is 0.426. The Morgan fingerprint density at radius 1 is 1.13 bits per heavy atom. The van der Waals surface area contributed by atoms with Crippen molar-refractivity contribution in [3.05, 3.63) is 29.8 Å². The number of aldehydes is 1. The summed E-state index contributed by atoms with van der Waals surface area (Å²) in [6.45, 7) is 3.78. The molecule has 0 heterocycles. The summed E-state index contributed by atoms with van der Waals surface area (Å²) >= 11 is 0. The molecule has 10 nitrogen and oxygen atoms in total. The molecule has 0 bridgehead atoms. The maximum absolute atomic E-state index is 11.8. The summed E-state index contributed by atoms with van der Waals surface area (Å²) in [7, 11) is 1.60. The van der Waals surface area contributed by atoms with E-state index in [2.05, 4.69) is 16.0 Å². The van der Waals surface area contributed by atoms with E-state index in [1.54, 1.807) is 45.2 Å². The van der Waals surface area contributed by atoms with E-state index < -0.39 is 12.1 Å². The highest BCUT2D eigenvalue weighted by Gasteiger charge is 2.13. The average molecular weight is 420 g/mol. The van der Waals surface area contributed by atoms with Gasteiger partial charge in [-0.15, -0.1) is 0 Å². The first-order valence-corrected chi connectivity index (χ1v) is 9.46. The molecular weight excluding hydrogens is 392 g/mol. The fraction of sp³-hybridized carbons (Fsp3) is 0.450. The van der Waals surface area contributed by atoms with Crippen molar-refractivity contribution in [2.45, 2.75) is 32.9 Å². The molecule has 0 saturated carbocycles. The molecule has 0 fully saturated rings. The van der Waals surface area contributed by atoms with Gasteiger partial charge in [0.25, 0.3) is 0 Å². The first-order chi connectivity index (χ1) is 14.3. The third kappa shape index (κ3) is 9.18. The largest absolute Gasteiger partial charge is 0.445 e. The monoisotopic (exact) mass is 420 g/mol. The van der Waals surface area contributed by atoms with Gasteiger partial charge in [-0.1, -0.05) is 19.1 Å². The Kier molecular flexibility index (Phi) is 10.6. The van der Waals surface area contributed by atoms with Crippen LogP contribution in [0.15, 0.2) is 24.3 Å². The first kappa shape index (κ1) is 24.6. The van der Waals surface area contributed by atoms with Gasteiger partial charge in [0.2, 0.25) is 18.2 Å². The Morgan fingerprint density at radius 3 is 2.40 bits per heavy atom. The van der Waals surface area contributed by atoms with Crippen LogP contribution in [0.5, 0.6) is 0 Å². The van der Waals surface area contributed by atoms with E-state index in [1.165, 1.54) is 4.90 Å². The van der Waals surface area contributed by atoms with Crippen molar-refractivity contribution in [3.63, 3.8) is 0 Å². The number of anilines is 1. The highest BCUT2D eigenvalue weighted by atomic mass is 16.5. The molecule has 3 N–H and O–H groups in total. The molecule has 30 heavy (non-hydrogen) atoms. The summed E-state index contributed by atoms with van der Waals surface area (Å²) in [5, 5.41) is 7.56. The van der Waals surface area contributed by atoms with Crippen molar-refractivity contribution in [1.82, 2.24) is 15.5 Å². The van der Waals surface area contributed by atoms with Crippen LogP contribution in [-0.2, 0) is 30.5 Å². The summed E-state index contributed by atoms with van der Waals surface area (Å²) < 4.78 is 5.11. The molecule has 4 amide bonds. The molecule has 0 spiro atoms. The average Bonchev–Trinajstić information content (AvgIpc) is 2.73. The third-order valence-electron chi connectivity index (χ3n) is 4.17. The van der Waals surface area contributed by atoms with Crippen molar-refractivity contribution < 1.29 is 28.7 Å². The van der Waals surface area contributed by atoms with Gasteiger partial charge < -0.3 is 30.4 Å². The zero-order chi connectivity index (χ0) is 22.5. The van der Waals surface area contributed by atoms with Crippen molar-refractivity contribution in [1.29, 1.82) is 0 Å². The number of hydrogen-bond acceptors (Lipinski definition) is 6. The van der Waals surface area contributed by atoms with Crippen LogP contribution in [0.25, 0.3) is 0 Å². The van der Waals surface area contributed by atoms with Crippen LogP contribution in [0.1, 0.15) is 25.8 Å². The van der Waals surface area contributed by atoms with Crippen LogP contribution in [0.3, 0.4) is 0 Å². The van der Waals surface area contributed by atoms with Crippen molar-refractivity contribution in [2.75, 3.05) is 25.5 Å². The molecule has 0 radical (unpaired) electrons. The lowest BCUT2D eigenvalue weighted by Gasteiger charge is -2.18. The topological polar surface area (TPSA) is 134 Å². The molecule has 2 unspecified atom stereocenters. The summed E-state index contributed by atoms with van der Waals surface area (Å²) in [5.74, 6) is -0.864. The Bertz CT molecular complexity index is 737. The zero-order valence-electron chi connectivity index (χ0n) is 17.3. The van der Waals surface area contributed by atoms with Crippen LogP contribution < -0.4 is 16.0 Å². The lowest BCUT2D eigenvalue weighted by atomic mass is 10.1. The molecule has 1 rings (SSSR count). The lowest BCUT2D eigenvalue weighted by molar-refractivity contribution is -0.132. The first-order valence-electron chi connectivity index (χ1n) is 9.46. The molecule has 2 atom stereocenters. The van der Waals surface area contributed by atoms with E-state index in [-0.39, 0.29) is 37.3 Å². The fourth-order valence-electron chi connectivity index (χ4n) is 2.24. The molecule has 0 aromatic heterocycles. The van der Waals surface area contributed by atoms with Gasteiger partial charge in [0.1, 0.15) is 18.9 Å². The lowest BCUT2D eigenvalue weighted by Crippen LogP contribution is -2.37. The summed E-state index contributed by atoms with van der Waals surface area (Å²) in [6, 6.07) is 6.05. The molecule has 164 valence electrons. The number of likely N-dealkylation sites (N-methyl/N-ethyl adjacent to an activating group) is 1. The van der Waals surface area contributed by atoms with Crippen molar-refractivity contribution in [3.8, 4) is 0 Å². The normalized spacial score (nSPS) is 12.1. The zero-order valence-corrected chi connectivity index (χ0v) is 17.3. The summed E-state index contributed by atoms with van der Waals surface area (Å²) in [4.78, 5) is 57.8. The van der Waals surface area contributed by atoms with Gasteiger partial charge in [-0.2, -0.15) is 0 Å². The van der Waals surface area contributed by atoms with E-state index in [9.17, 15) is 24.0 Å². The summed E-state index contributed by atoms with van der Waals surface area (Å²) in [5.41, 5.74) is 1.27. The molecule has 0 aliphatic carbocycles. The van der Waals surface area contributed by atoms with Gasteiger partial charge >= 0.3 is 6.09 Å².